The van der Waals surface area contributed by atoms with Gasteiger partial charge in [0.15, 0.2) is 0 Å². The highest BCUT2D eigenvalue weighted by atomic mass is 16.5. The third kappa shape index (κ3) is 3.14. The van der Waals surface area contributed by atoms with E-state index in [1.54, 1.807) is 6.20 Å². The van der Waals surface area contributed by atoms with E-state index in [0.29, 0.717) is 17.3 Å². The highest BCUT2D eigenvalue weighted by molar-refractivity contribution is 5.97. The van der Waals surface area contributed by atoms with Crippen LogP contribution in [0.4, 0.5) is 0 Å². The van der Waals surface area contributed by atoms with Gasteiger partial charge in [-0.25, -0.2) is 4.98 Å². The fourth-order valence-electron chi connectivity index (χ4n) is 3.84. The fourth-order valence-corrected chi connectivity index (χ4v) is 3.84. The normalized spacial score (nSPS) is 22.2. The van der Waals surface area contributed by atoms with E-state index in [1.165, 1.54) is 0 Å². The van der Waals surface area contributed by atoms with Crippen LogP contribution in [0.5, 0.6) is 0 Å². The van der Waals surface area contributed by atoms with Crippen molar-refractivity contribution in [2.45, 2.75) is 32.2 Å². The van der Waals surface area contributed by atoms with E-state index in [2.05, 4.69) is 34.2 Å². The van der Waals surface area contributed by atoms with Gasteiger partial charge in [-0.3, -0.25) is 9.69 Å². The number of hydrogen-bond acceptors (Lipinski definition) is 6. The van der Waals surface area contributed by atoms with Gasteiger partial charge >= 0.3 is 0 Å². The van der Waals surface area contributed by atoms with Crippen molar-refractivity contribution in [3.05, 3.63) is 23.5 Å². The van der Waals surface area contributed by atoms with Crippen molar-refractivity contribution in [2.75, 3.05) is 39.3 Å². The maximum absolute atomic E-state index is 12.9. The number of amides is 1. The van der Waals surface area contributed by atoms with E-state index in [0.717, 1.165) is 56.8 Å². The second kappa shape index (κ2) is 6.72. The number of likely N-dealkylation sites (tertiary alicyclic amines) is 1. The van der Waals surface area contributed by atoms with Crippen LogP contribution in [-0.4, -0.2) is 71.2 Å². The Labute approximate surface area is 147 Å². The average molecular weight is 343 g/mol. The Balaban J connectivity index is 1.51. The largest absolute Gasteiger partial charge is 0.337 e. The summed E-state index contributed by atoms with van der Waals surface area (Å²) < 4.78 is 5.27. The first-order chi connectivity index (χ1) is 12.1. The molecular formula is C18H25N5O2. The minimum absolute atomic E-state index is 0.0583. The number of rotatable bonds is 3. The van der Waals surface area contributed by atoms with E-state index >= 15 is 0 Å². The molecule has 2 fully saturated rings. The molecule has 2 aliphatic rings. The molecule has 134 valence electrons. The van der Waals surface area contributed by atoms with Crippen LogP contribution in [-0.2, 0) is 0 Å². The molecule has 1 N–H and O–H groups in total. The number of carbonyl (C=O) groups excluding carboxylic acids is 1. The molecule has 0 spiro atoms. The number of hydrogen-bond donors (Lipinski definition) is 1. The van der Waals surface area contributed by atoms with Gasteiger partial charge in [0.1, 0.15) is 0 Å². The summed E-state index contributed by atoms with van der Waals surface area (Å²) in [4.78, 5) is 21.7. The van der Waals surface area contributed by atoms with Crippen LogP contribution in [0.25, 0.3) is 11.1 Å². The molecule has 4 heterocycles. The molecule has 0 saturated carbocycles. The first-order valence-electron chi connectivity index (χ1n) is 9.13. The molecule has 4 rings (SSSR count). The van der Waals surface area contributed by atoms with Crippen LogP contribution in [0.1, 0.15) is 42.2 Å². The Morgan fingerprint density at radius 1 is 1.32 bits per heavy atom. The first-order valence-corrected chi connectivity index (χ1v) is 9.13. The second-order valence-corrected chi connectivity index (χ2v) is 7.28. The van der Waals surface area contributed by atoms with Crippen LogP contribution >= 0.6 is 0 Å². The lowest BCUT2D eigenvalue weighted by Crippen LogP contribution is -2.49. The third-order valence-corrected chi connectivity index (χ3v) is 5.27. The Kier molecular flexibility index (Phi) is 4.43. The zero-order valence-electron chi connectivity index (χ0n) is 14.9. The van der Waals surface area contributed by atoms with Gasteiger partial charge < -0.3 is 14.7 Å². The lowest BCUT2D eigenvalue weighted by molar-refractivity contribution is 0.0773. The molecule has 0 bridgehead atoms. The molecule has 7 nitrogen and oxygen atoms in total. The second-order valence-electron chi connectivity index (χ2n) is 7.28. The van der Waals surface area contributed by atoms with Gasteiger partial charge in [0, 0.05) is 51.5 Å². The molecule has 2 saturated heterocycles. The van der Waals surface area contributed by atoms with Crippen LogP contribution in [0.3, 0.4) is 0 Å². The fraction of sp³-hybridized carbons (Fsp3) is 0.611. The highest BCUT2D eigenvalue weighted by Crippen LogP contribution is 2.25. The number of fused-ring (bicyclic) bond motifs is 1. The molecular weight excluding hydrogens is 318 g/mol. The van der Waals surface area contributed by atoms with Crippen molar-refractivity contribution in [1.29, 1.82) is 0 Å². The third-order valence-electron chi connectivity index (χ3n) is 5.27. The quantitative estimate of drug-likeness (QED) is 0.910. The first kappa shape index (κ1) is 16.5. The summed E-state index contributed by atoms with van der Waals surface area (Å²) in [5, 5.41) is 8.32. The standard InChI is InChI=1S/C18H25N5O2/c1-12(2)16-15-9-13(10-20-17(15)25-21-16)18(24)23-6-3-14(11-23)22-7-4-19-5-8-22/h9-10,12,14,19H,3-8,11H2,1-2H3. The van der Waals surface area contributed by atoms with Crippen molar-refractivity contribution >= 4 is 17.0 Å². The lowest BCUT2D eigenvalue weighted by atomic mass is 10.1. The maximum atomic E-state index is 12.9. The number of piperazine rings is 1. The number of aromatic nitrogens is 2. The number of nitrogens with one attached hydrogen (secondary N) is 1. The molecule has 1 amide bonds. The van der Waals surface area contributed by atoms with Crippen molar-refractivity contribution in [3.63, 3.8) is 0 Å². The predicted octanol–water partition coefficient (Wildman–Crippen LogP) is 1.47. The Morgan fingerprint density at radius 3 is 2.88 bits per heavy atom. The van der Waals surface area contributed by atoms with Gasteiger partial charge in [-0.2, -0.15) is 0 Å². The van der Waals surface area contributed by atoms with Gasteiger partial charge in [0.25, 0.3) is 11.6 Å². The van der Waals surface area contributed by atoms with Gasteiger partial charge in [-0.05, 0) is 18.4 Å². The minimum Gasteiger partial charge on any atom is -0.337 e. The maximum Gasteiger partial charge on any atom is 0.257 e. The molecule has 1 unspecified atom stereocenters. The summed E-state index contributed by atoms with van der Waals surface area (Å²) in [5.41, 5.74) is 1.98. The number of carbonyl (C=O) groups is 1. The minimum atomic E-state index is 0.0583. The van der Waals surface area contributed by atoms with Gasteiger partial charge in [-0.15, -0.1) is 0 Å². The number of nitrogens with zero attached hydrogens (tertiary/aromatic N) is 4. The van der Waals surface area contributed by atoms with E-state index in [-0.39, 0.29) is 11.8 Å². The van der Waals surface area contributed by atoms with Crippen molar-refractivity contribution in [1.82, 2.24) is 25.3 Å². The van der Waals surface area contributed by atoms with E-state index in [4.69, 9.17) is 4.52 Å². The summed E-state index contributed by atoms with van der Waals surface area (Å²) in [6.45, 7) is 9.95. The van der Waals surface area contributed by atoms with Crippen LogP contribution in [0, 0.1) is 0 Å². The van der Waals surface area contributed by atoms with E-state index in [1.807, 2.05) is 11.0 Å². The van der Waals surface area contributed by atoms with Crippen molar-refractivity contribution < 1.29 is 9.32 Å². The Hall–Kier alpha value is -1.99. The topological polar surface area (TPSA) is 74.5 Å². The molecule has 2 aromatic heterocycles. The van der Waals surface area contributed by atoms with Crippen LogP contribution in [0.2, 0.25) is 0 Å². The van der Waals surface area contributed by atoms with Crippen molar-refractivity contribution in [2.24, 2.45) is 0 Å². The Bertz CT molecular complexity index is 766. The summed E-state index contributed by atoms with van der Waals surface area (Å²) >= 11 is 0. The van der Waals surface area contributed by atoms with Gasteiger partial charge in [0.05, 0.1) is 16.6 Å². The Morgan fingerprint density at radius 2 is 2.12 bits per heavy atom. The predicted molar refractivity (Wildman–Crippen MR) is 94.6 cm³/mol. The van der Waals surface area contributed by atoms with Gasteiger partial charge in [-0.1, -0.05) is 19.0 Å². The van der Waals surface area contributed by atoms with Crippen LogP contribution < -0.4 is 5.32 Å². The summed E-state index contributed by atoms with van der Waals surface area (Å²) in [5.74, 6) is 0.292. The van der Waals surface area contributed by atoms with Crippen molar-refractivity contribution in [3.8, 4) is 0 Å². The van der Waals surface area contributed by atoms with E-state index < -0.39 is 0 Å². The SMILES string of the molecule is CC(C)c1noc2ncc(C(=O)N3CCC(N4CCNCC4)C3)cc12. The summed E-state index contributed by atoms with van der Waals surface area (Å²) in [6, 6.07) is 2.36. The zero-order valence-corrected chi connectivity index (χ0v) is 14.9. The smallest absolute Gasteiger partial charge is 0.257 e. The molecule has 1 atom stereocenters. The monoisotopic (exact) mass is 343 g/mol. The number of pyridine rings is 1. The molecule has 0 radical (unpaired) electrons. The lowest BCUT2D eigenvalue weighted by Gasteiger charge is -2.32. The molecule has 0 aliphatic carbocycles. The molecule has 2 aromatic rings. The molecule has 25 heavy (non-hydrogen) atoms. The summed E-state index contributed by atoms with van der Waals surface area (Å²) in [7, 11) is 0. The zero-order chi connectivity index (χ0) is 17.4. The average Bonchev–Trinajstić information content (AvgIpc) is 3.28. The van der Waals surface area contributed by atoms with Gasteiger partial charge in [0.2, 0.25) is 0 Å². The highest BCUT2D eigenvalue weighted by Gasteiger charge is 2.31. The molecule has 2 aliphatic heterocycles. The molecule has 0 aromatic carbocycles. The summed E-state index contributed by atoms with van der Waals surface area (Å²) in [6.07, 6.45) is 2.66. The van der Waals surface area contributed by atoms with E-state index in [9.17, 15) is 4.79 Å². The van der Waals surface area contributed by atoms with Crippen LogP contribution in [0.15, 0.2) is 16.8 Å². The molecule has 7 heteroatoms.